The van der Waals surface area contributed by atoms with Gasteiger partial charge in [-0.1, -0.05) is 17.8 Å². The molecule has 3 rings (SSSR count). The summed E-state index contributed by atoms with van der Waals surface area (Å²) < 4.78 is 12.8. The normalized spacial score (nSPS) is 11.0. The molecule has 0 radical (unpaired) electrons. The van der Waals surface area contributed by atoms with Crippen LogP contribution >= 0.6 is 11.8 Å². The Morgan fingerprint density at radius 1 is 1.38 bits per heavy atom. The Kier molecular flexibility index (Phi) is 6.62. The van der Waals surface area contributed by atoms with E-state index >= 15 is 0 Å². The van der Waals surface area contributed by atoms with Crippen molar-refractivity contribution in [2.24, 2.45) is 0 Å². The third-order valence-electron chi connectivity index (χ3n) is 4.78. The lowest BCUT2D eigenvalue weighted by Gasteiger charge is -2.12. The predicted octanol–water partition coefficient (Wildman–Crippen LogP) is 4.19. The summed E-state index contributed by atoms with van der Waals surface area (Å²) in [7, 11) is 1.65. The van der Waals surface area contributed by atoms with Crippen LogP contribution in [0, 0.1) is 32.1 Å². The zero-order valence-corrected chi connectivity index (χ0v) is 17.9. The average molecular weight is 413 g/mol. The van der Waals surface area contributed by atoms with Gasteiger partial charge in [0.1, 0.15) is 17.4 Å². The first kappa shape index (κ1) is 21.0. The summed E-state index contributed by atoms with van der Waals surface area (Å²) in [6, 6.07) is 7.99. The Labute approximate surface area is 174 Å². The number of methoxy groups -OCH3 is 1. The maximum absolute atomic E-state index is 12.6. The van der Waals surface area contributed by atoms with Crippen molar-refractivity contribution in [2.75, 3.05) is 24.8 Å². The number of amides is 1. The Morgan fingerprint density at radius 3 is 2.90 bits per heavy atom. The SMILES string of the molecule is COCCCn1c(C)c(C)c(C#N)c1NC(=O)CSc1nc2cc(C)ccc2o1. The number of ether oxygens (including phenoxy) is 1. The predicted molar refractivity (Wildman–Crippen MR) is 113 cm³/mol. The van der Waals surface area contributed by atoms with Gasteiger partial charge in [0.2, 0.25) is 5.91 Å². The van der Waals surface area contributed by atoms with Crippen molar-refractivity contribution in [3.05, 3.63) is 40.6 Å². The van der Waals surface area contributed by atoms with Crippen molar-refractivity contribution in [1.82, 2.24) is 9.55 Å². The molecule has 0 aliphatic heterocycles. The first-order valence-electron chi connectivity index (χ1n) is 9.33. The van der Waals surface area contributed by atoms with E-state index < -0.39 is 0 Å². The standard InChI is InChI=1S/C21H24N4O3S/c1-13-6-7-18-17(10-13)23-21(28-18)29-12-19(26)24-20-16(11-22)14(2)15(3)25(20)8-5-9-27-4/h6-7,10H,5,8-9,12H2,1-4H3,(H,24,26). The van der Waals surface area contributed by atoms with E-state index in [0.29, 0.717) is 35.3 Å². The monoisotopic (exact) mass is 412 g/mol. The van der Waals surface area contributed by atoms with Gasteiger partial charge in [-0.15, -0.1) is 0 Å². The van der Waals surface area contributed by atoms with E-state index in [1.807, 2.05) is 43.5 Å². The van der Waals surface area contributed by atoms with Gasteiger partial charge in [-0.3, -0.25) is 4.79 Å². The number of aryl methyl sites for hydroxylation is 1. The summed E-state index contributed by atoms with van der Waals surface area (Å²) in [5.74, 6) is 0.464. The van der Waals surface area contributed by atoms with Gasteiger partial charge in [0.15, 0.2) is 5.58 Å². The van der Waals surface area contributed by atoms with E-state index in [1.54, 1.807) is 7.11 Å². The second-order valence-electron chi connectivity index (χ2n) is 6.83. The van der Waals surface area contributed by atoms with Crippen LogP contribution in [0.4, 0.5) is 5.82 Å². The first-order chi connectivity index (χ1) is 13.9. The number of hydrogen-bond donors (Lipinski definition) is 1. The number of carbonyl (C=O) groups excluding carboxylic acids is 1. The molecule has 0 bridgehead atoms. The highest BCUT2D eigenvalue weighted by atomic mass is 32.2. The lowest BCUT2D eigenvalue weighted by atomic mass is 10.2. The highest BCUT2D eigenvalue weighted by Gasteiger charge is 2.20. The molecular formula is C21H24N4O3S. The second-order valence-corrected chi connectivity index (χ2v) is 7.76. The fraction of sp³-hybridized carbons (Fsp3) is 0.381. The van der Waals surface area contributed by atoms with Crippen molar-refractivity contribution in [3.63, 3.8) is 0 Å². The number of nitrogens with zero attached hydrogens (tertiary/aromatic N) is 3. The van der Waals surface area contributed by atoms with E-state index in [9.17, 15) is 10.1 Å². The molecule has 1 amide bonds. The Bertz CT molecular complexity index is 1080. The molecule has 0 saturated heterocycles. The molecule has 8 heteroatoms. The van der Waals surface area contributed by atoms with E-state index in [-0.39, 0.29) is 11.7 Å². The number of carbonyl (C=O) groups is 1. The van der Waals surface area contributed by atoms with Gasteiger partial charge >= 0.3 is 0 Å². The fourth-order valence-electron chi connectivity index (χ4n) is 3.15. The number of oxazole rings is 1. The van der Waals surface area contributed by atoms with Crippen molar-refractivity contribution in [2.45, 2.75) is 39.0 Å². The summed E-state index contributed by atoms with van der Waals surface area (Å²) in [5, 5.41) is 12.9. The largest absolute Gasteiger partial charge is 0.431 e. The van der Waals surface area contributed by atoms with Gasteiger partial charge in [0, 0.05) is 26.0 Å². The van der Waals surface area contributed by atoms with Crippen LogP contribution in [0.1, 0.15) is 28.8 Å². The highest BCUT2D eigenvalue weighted by molar-refractivity contribution is 7.99. The number of aromatic nitrogens is 2. The minimum Gasteiger partial charge on any atom is -0.431 e. The summed E-state index contributed by atoms with van der Waals surface area (Å²) in [6.45, 7) is 7.11. The molecule has 7 nitrogen and oxygen atoms in total. The lowest BCUT2D eigenvalue weighted by Crippen LogP contribution is -2.18. The minimum absolute atomic E-state index is 0.137. The summed E-state index contributed by atoms with van der Waals surface area (Å²) in [4.78, 5) is 17.0. The molecular weight excluding hydrogens is 388 g/mol. The number of hydrogen-bond acceptors (Lipinski definition) is 6. The van der Waals surface area contributed by atoms with Gasteiger partial charge < -0.3 is 19.0 Å². The molecule has 0 atom stereocenters. The molecule has 1 N–H and O–H groups in total. The van der Waals surface area contributed by atoms with Crippen LogP contribution in [-0.4, -0.2) is 34.9 Å². The van der Waals surface area contributed by atoms with Crippen molar-refractivity contribution in [3.8, 4) is 6.07 Å². The van der Waals surface area contributed by atoms with Crippen molar-refractivity contribution >= 4 is 34.6 Å². The molecule has 0 spiro atoms. The van der Waals surface area contributed by atoms with Gasteiger partial charge in [-0.2, -0.15) is 5.26 Å². The number of nitrogens with one attached hydrogen (secondary N) is 1. The van der Waals surface area contributed by atoms with Gasteiger partial charge in [-0.25, -0.2) is 4.98 Å². The Morgan fingerprint density at radius 2 is 2.17 bits per heavy atom. The summed E-state index contributed by atoms with van der Waals surface area (Å²) in [5.41, 5.74) is 4.92. The molecule has 2 heterocycles. The third-order valence-corrected chi connectivity index (χ3v) is 5.61. The van der Waals surface area contributed by atoms with Crippen LogP contribution in [0.25, 0.3) is 11.1 Å². The molecule has 1 aromatic carbocycles. The fourth-order valence-corrected chi connectivity index (χ4v) is 3.79. The number of rotatable bonds is 8. The van der Waals surface area contributed by atoms with E-state index in [0.717, 1.165) is 28.8 Å². The van der Waals surface area contributed by atoms with Gasteiger partial charge in [0.25, 0.3) is 5.22 Å². The zero-order chi connectivity index (χ0) is 21.0. The van der Waals surface area contributed by atoms with Crippen LogP contribution in [0.15, 0.2) is 27.8 Å². The number of nitriles is 1. The molecule has 0 unspecified atom stereocenters. The molecule has 0 aliphatic rings. The zero-order valence-electron chi connectivity index (χ0n) is 17.0. The van der Waals surface area contributed by atoms with E-state index in [1.165, 1.54) is 11.8 Å². The van der Waals surface area contributed by atoms with Crippen LogP contribution in [0.3, 0.4) is 0 Å². The Hall–Kier alpha value is -2.76. The highest BCUT2D eigenvalue weighted by Crippen LogP contribution is 2.28. The average Bonchev–Trinajstić information content (AvgIpc) is 3.19. The van der Waals surface area contributed by atoms with Crippen molar-refractivity contribution in [1.29, 1.82) is 5.26 Å². The van der Waals surface area contributed by atoms with Crippen molar-refractivity contribution < 1.29 is 13.9 Å². The smallest absolute Gasteiger partial charge is 0.257 e. The molecule has 0 saturated carbocycles. The summed E-state index contributed by atoms with van der Waals surface area (Å²) in [6.07, 6.45) is 0.788. The first-order valence-corrected chi connectivity index (χ1v) is 10.3. The van der Waals surface area contributed by atoms with Gasteiger partial charge in [0.05, 0.1) is 11.3 Å². The van der Waals surface area contributed by atoms with Gasteiger partial charge in [-0.05, 0) is 50.5 Å². The molecule has 0 aliphatic carbocycles. The summed E-state index contributed by atoms with van der Waals surface area (Å²) >= 11 is 1.23. The van der Waals surface area contributed by atoms with E-state index in [4.69, 9.17) is 9.15 Å². The van der Waals surface area contributed by atoms with Crippen LogP contribution in [0.5, 0.6) is 0 Å². The molecule has 29 heavy (non-hydrogen) atoms. The Balaban J connectivity index is 1.72. The van der Waals surface area contributed by atoms with Crippen LogP contribution in [-0.2, 0) is 16.1 Å². The maximum Gasteiger partial charge on any atom is 0.257 e. The quantitative estimate of drug-likeness (QED) is 0.440. The lowest BCUT2D eigenvalue weighted by molar-refractivity contribution is -0.113. The topological polar surface area (TPSA) is 93.1 Å². The van der Waals surface area contributed by atoms with E-state index in [2.05, 4.69) is 16.4 Å². The minimum atomic E-state index is -0.213. The molecule has 152 valence electrons. The molecule has 0 fully saturated rings. The number of fused-ring (bicyclic) bond motifs is 1. The third kappa shape index (κ3) is 4.63. The molecule has 2 aromatic heterocycles. The maximum atomic E-state index is 12.6. The molecule has 3 aromatic rings. The number of thioether (sulfide) groups is 1. The van der Waals surface area contributed by atoms with Crippen LogP contribution in [0.2, 0.25) is 0 Å². The van der Waals surface area contributed by atoms with Crippen LogP contribution < -0.4 is 5.32 Å². The number of anilines is 1. The second kappa shape index (κ2) is 9.16. The number of benzene rings is 1.